The Balaban J connectivity index is 1.58. The van der Waals surface area contributed by atoms with Crippen LogP contribution in [-0.2, 0) is 14.4 Å². The average Bonchev–Trinajstić information content (AvgIpc) is 2.86. The Morgan fingerprint density at radius 2 is 1.69 bits per heavy atom. The summed E-state index contributed by atoms with van der Waals surface area (Å²) in [5, 5.41) is 8.88. The number of hydrogen-bond acceptors (Lipinski definition) is 6. The molecule has 0 fully saturated rings. The summed E-state index contributed by atoms with van der Waals surface area (Å²) in [5.74, 6) is -2.05. The second-order valence-corrected chi connectivity index (χ2v) is 8.02. The molecule has 0 saturated carbocycles. The number of nitrogens with zero attached hydrogens (tertiary/aromatic N) is 1. The number of anilines is 2. The molecule has 0 radical (unpaired) electrons. The van der Waals surface area contributed by atoms with Gasteiger partial charge in [0.25, 0.3) is 5.91 Å². The molecule has 0 spiro atoms. The van der Waals surface area contributed by atoms with E-state index < -0.39 is 23.5 Å². The summed E-state index contributed by atoms with van der Waals surface area (Å²) < 4.78 is 24.7. The van der Waals surface area contributed by atoms with Gasteiger partial charge in [0.2, 0.25) is 0 Å². The summed E-state index contributed by atoms with van der Waals surface area (Å²) in [5.41, 5.74) is 3.36. The van der Waals surface area contributed by atoms with Gasteiger partial charge in [-0.05, 0) is 61.5 Å². The van der Waals surface area contributed by atoms with E-state index in [-0.39, 0.29) is 6.61 Å². The minimum Gasteiger partial charge on any atom is -0.492 e. The molecule has 11 heteroatoms. The molecule has 3 rings (SSSR count). The summed E-state index contributed by atoms with van der Waals surface area (Å²) >= 11 is 3.34. The van der Waals surface area contributed by atoms with E-state index in [9.17, 15) is 18.8 Å². The lowest BCUT2D eigenvalue weighted by Crippen LogP contribution is -2.32. The van der Waals surface area contributed by atoms with Gasteiger partial charge in [-0.15, -0.1) is 0 Å². The number of carbonyl (C=O) groups is 3. The number of nitrogens with one attached hydrogen (secondary N) is 3. The molecule has 186 valence electrons. The quantitative estimate of drug-likeness (QED) is 0.208. The number of para-hydroxylation sites is 2. The predicted octanol–water partition coefficient (Wildman–Crippen LogP) is 4.09. The average molecular weight is 557 g/mol. The van der Waals surface area contributed by atoms with Crippen LogP contribution in [-0.4, -0.2) is 37.1 Å². The second-order valence-electron chi connectivity index (χ2n) is 7.11. The van der Waals surface area contributed by atoms with Crippen molar-refractivity contribution in [2.24, 2.45) is 5.10 Å². The summed E-state index contributed by atoms with van der Waals surface area (Å²) in [4.78, 5) is 36.6. The van der Waals surface area contributed by atoms with Crippen LogP contribution >= 0.6 is 15.9 Å². The SMILES string of the molecule is CCOc1ccccc1NC(=O)C(=O)N/N=C\c1cc(Br)ccc1OCC(=O)Nc1ccc(F)cc1. The van der Waals surface area contributed by atoms with Crippen LogP contribution in [0.1, 0.15) is 12.5 Å². The molecule has 0 aliphatic heterocycles. The highest BCUT2D eigenvalue weighted by Crippen LogP contribution is 2.24. The van der Waals surface area contributed by atoms with Gasteiger partial charge in [0.1, 0.15) is 17.3 Å². The molecule has 36 heavy (non-hydrogen) atoms. The minimum absolute atomic E-state index is 0.306. The van der Waals surface area contributed by atoms with E-state index in [4.69, 9.17) is 9.47 Å². The largest absolute Gasteiger partial charge is 0.492 e. The lowest BCUT2D eigenvalue weighted by atomic mass is 10.2. The van der Waals surface area contributed by atoms with Gasteiger partial charge >= 0.3 is 11.8 Å². The molecular weight excluding hydrogens is 535 g/mol. The first kappa shape index (κ1) is 26.4. The van der Waals surface area contributed by atoms with Gasteiger partial charge < -0.3 is 20.1 Å². The van der Waals surface area contributed by atoms with Crippen molar-refractivity contribution in [1.29, 1.82) is 0 Å². The van der Waals surface area contributed by atoms with Crippen molar-refractivity contribution < 1.29 is 28.2 Å². The zero-order chi connectivity index (χ0) is 25.9. The van der Waals surface area contributed by atoms with Crippen molar-refractivity contribution >= 4 is 51.2 Å². The third-order valence-corrected chi connectivity index (χ3v) is 4.96. The summed E-state index contributed by atoms with van der Waals surface area (Å²) in [6, 6.07) is 17.0. The standard InChI is InChI=1S/C25H22BrFN4O5/c1-2-35-22-6-4-3-5-20(22)30-24(33)25(34)31-28-14-16-13-17(26)7-12-21(16)36-15-23(32)29-19-10-8-18(27)9-11-19/h3-14H,2,15H2,1H3,(H,29,32)(H,30,33)(H,31,34)/b28-14-. The Morgan fingerprint density at radius 1 is 0.944 bits per heavy atom. The Kier molecular flexibility index (Phi) is 9.52. The first-order valence-corrected chi connectivity index (χ1v) is 11.5. The molecule has 3 amide bonds. The monoisotopic (exact) mass is 556 g/mol. The van der Waals surface area contributed by atoms with Crippen LogP contribution in [0.5, 0.6) is 11.5 Å². The van der Waals surface area contributed by atoms with Crippen molar-refractivity contribution in [3.63, 3.8) is 0 Å². The maximum absolute atomic E-state index is 13.0. The van der Waals surface area contributed by atoms with E-state index in [2.05, 4.69) is 37.1 Å². The maximum Gasteiger partial charge on any atom is 0.329 e. The maximum atomic E-state index is 13.0. The fourth-order valence-corrected chi connectivity index (χ4v) is 3.25. The predicted molar refractivity (Wildman–Crippen MR) is 137 cm³/mol. The highest BCUT2D eigenvalue weighted by Gasteiger charge is 2.15. The lowest BCUT2D eigenvalue weighted by Gasteiger charge is -2.11. The highest BCUT2D eigenvalue weighted by molar-refractivity contribution is 9.10. The molecular formula is C25H22BrFN4O5. The molecule has 0 aliphatic carbocycles. The number of amides is 3. The van der Waals surface area contributed by atoms with E-state index in [1.165, 1.54) is 30.5 Å². The molecule has 3 aromatic carbocycles. The lowest BCUT2D eigenvalue weighted by molar-refractivity contribution is -0.136. The van der Waals surface area contributed by atoms with Crippen LogP contribution in [0, 0.1) is 5.82 Å². The number of carbonyl (C=O) groups excluding carboxylic acids is 3. The molecule has 0 aliphatic rings. The molecule has 0 unspecified atom stereocenters. The zero-order valence-corrected chi connectivity index (χ0v) is 20.7. The number of hydrazone groups is 1. The summed E-state index contributed by atoms with van der Waals surface area (Å²) in [6.45, 7) is 1.88. The van der Waals surface area contributed by atoms with Gasteiger partial charge in [0.15, 0.2) is 6.61 Å². The third kappa shape index (κ3) is 7.91. The number of hydrogen-bond donors (Lipinski definition) is 3. The van der Waals surface area contributed by atoms with E-state index >= 15 is 0 Å². The third-order valence-electron chi connectivity index (χ3n) is 4.47. The van der Waals surface area contributed by atoms with Gasteiger partial charge in [0, 0.05) is 15.7 Å². The van der Waals surface area contributed by atoms with Gasteiger partial charge in [-0.2, -0.15) is 5.10 Å². The van der Waals surface area contributed by atoms with Crippen LogP contribution in [0.25, 0.3) is 0 Å². The van der Waals surface area contributed by atoms with Crippen LogP contribution in [0.3, 0.4) is 0 Å². The molecule has 0 aromatic heterocycles. The fraction of sp³-hybridized carbons (Fsp3) is 0.120. The van der Waals surface area contributed by atoms with Gasteiger partial charge in [-0.1, -0.05) is 28.1 Å². The van der Waals surface area contributed by atoms with Crippen LogP contribution in [0.15, 0.2) is 76.3 Å². The second kappa shape index (κ2) is 13.0. The van der Waals surface area contributed by atoms with Crippen LogP contribution in [0.4, 0.5) is 15.8 Å². The van der Waals surface area contributed by atoms with Crippen molar-refractivity contribution in [2.75, 3.05) is 23.8 Å². The molecule has 9 nitrogen and oxygen atoms in total. The topological polar surface area (TPSA) is 118 Å². The van der Waals surface area contributed by atoms with E-state index in [1.54, 1.807) is 49.4 Å². The van der Waals surface area contributed by atoms with E-state index in [0.29, 0.717) is 39.5 Å². The van der Waals surface area contributed by atoms with Crippen molar-refractivity contribution in [1.82, 2.24) is 5.43 Å². The highest BCUT2D eigenvalue weighted by atomic mass is 79.9. The number of rotatable bonds is 9. The van der Waals surface area contributed by atoms with Crippen molar-refractivity contribution in [2.45, 2.75) is 6.92 Å². The number of ether oxygens (including phenoxy) is 2. The molecule has 3 aromatic rings. The fourth-order valence-electron chi connectivity index (χ4n) is 2.87. The van der Waals surface area contributed by atoms with Crippen LogP contribution < -0.4 is 25.5 Å². The molecule has 3 N–H and O–H groups in total. The first-order chi connectivity index (χ1) is 17.4. The summed E-state index contributed by atoms with van der Waals surface area (Å²) in [7, 11) is 0. The van der Waals surface area contributed by atoms with Gasteiger partial charge in [-0.3, -0.25) is 14.4 Å². The number of benzene rings is 3. The van der Waals surface area contributed by atoms with Crippen LogP contribution in [0.2, 0.25) is 0 Å². The van der Waals surface area contributed by atoms with E-state index in [1.807, 2.05) is 0 Å². The Bertz CT molecular complexity index is 1270. The smallest absolute Gasteiger partial charge is 0.329 e. The Morgan fingerprint density at radius 3 is 2.44 bits per heavy atom. The molecule has 0 atom stereocenters. The Labute approximate surface area is 214 Å². The summed E-state index contributed by atoms with van der Waals surface area (Å²) in [6.07, 6.45) is 1.28. The van der Waals surface area contributed by atoms with Crippen molar-refractivity contribution in [3.05, 3.63) is 82.6 Å². The molecule has 0 saturated heterocycles. The zero-order valence-electron chi connectivity index (χ0n) is 19.1. The van der Waals surface area contributed by atoms with Crippen molar-refractivity contribution in [3.8, 4) is 11.5 Å². The van der Waals surface area contributed by atoms with Gasteiger partial charge in [0.05, 0.1) is 18.5 Å². The Hall–Kier alpha value is -4.25. The normalized spacial score (nSPS) is 10.5. The first-order valence-electron chi connectivity index (χ1n) is 10.7. The van der Waals surface area contributed by atoms with Gasteiger partial charge in [-0.25, -0.2) is 9.82 Å². The molecule has 0 heterocycles. The molecule has 0 bridgehead atoms. The minimum atomic E-state index is -0.992. The number of halogens is 2. The van der Waals surface area contributed by atoms with E-state index in [0.717, 1.165) is 0 Å².